The first-order chi connectivity index (χ1) is 14.0. The monoisotopic (exact) mass is 401 g/mol. The molecule has 0 heterocycles. The summed E-state index contributed by atoms with van der Waals surface area (Å²) < 4.78 is 29.5. The van der Waals surface area contributed by atoms with Crippen LogP contribution in [0.2, 0.25) is 0 Å². The Balaban J connectivity index is 1.56. The van der Waals surface area contributed by atoms with Crippen LogP contribution >= 0.6 is 0 Å². The van der Waals surface area contributed by atoms with E-state index in [1.54, 1.807) is 41.3 Å². The molecule has 0 radical (unpaired) electrons. The molecule has 0 bridgehead atoms. The molecule has 0 N–H and O–H groups in total. The summed E-state index contributed by atoms with van der Waals surface area (Å²) in [5.74, 6) is -0.119. The molecule has 1 aliphatic carbocycles. The highest BCUT2D eigenvalue weighted by Gasteiger charge is 2.33. The second-order valence-corrected chi connectivity index (χ2v) is 6.87. The van der Waals surface area contributed by atoms with Crippen molar-refractivity contribution < 1.29 is 28.2 Å². The lowest BCUT2D eigenvalue weighted by Crippen LogP contribution is -2.36. The fourth-order valence-corrected chi connectivity index (χ4v) is 3.05. The van der Waals surface area contributed by atoms with Gasteiger partial charge in [-0.05, 0) is 36.6 Å². The van der Waals surface area contributed by atoms with Crippen LogP contribution in [-0.4, -0.2) is 43.6 Å². The van der Waals surface area contributed by atoms with Crippen molar-refractivity contribution in [2.75, 3.05) is 20.8 Å². The van der Waals surface area contributed by atoms with Crippen LogP contribution in [0.1, 0.15) is 24.0 Å². The number of ether oxygens (including phenoxy) is 3. The van der Waals surface area contributed by atoms with Crippen molar-refractivity contribution in [2.45, 2.75) is 31.8 Å². The second kappa shape index (κ2) is 9.41. The third-order valence-corrected chi connectivity index (χ3v) is 4.76. The molecule has 29 heavy (non-hydrogen) atoms. The van der Waals surface area contributed by atoms with E-state index < -0.39 is 5.97 Å². The molecule has 2 aromatic rings. The maximum absolute atomic E-state index is 13.9. The van der Waals surface area contributed by atoms with Gasteiger partial charge in [0.15, 0.2) is 18.1 Å². The van der Waals surface area contributed by atoms with Gasteiger partial charge in [0, 0.05) is 18.2 Å². The molecule has 2 aromatic carbocycles. The molecule has 0 aliphatic heterocycles. The highest BCUT2D eigenvalue weighted by molar-refractivity contribution is 5.82. The Morgan fingerprint density at radius 1 is 1.07 bits per heavy atom. The van der Waals surface area contributed by atoms with Crippen LogP contribution in [0.5, 0.6) is 11.5 Å². The quantitative estimate of drug-likeness (QED) is 0.604. The first kappa shape index (κ1) is 20.6. The van der Waals surface area contributed by atoms with E-state index in [0.29, 0.717) is 22.6 Å². The summed E-state index contributed by atoms with van der Waals surface area (Å²) in [5.41, 5.74) is 1.13. The van der Waals surface area contributed by atoms with Gasteiger partial charge in [-0.1, -0.05) is 24.3 Å². The van der Waals surface area contributed by atoms with E-state index in [1.807, 2.05) is 0 Å². The van der Waals surface area contributed by atoms with E-state index in [9.17, 15) is 14.0 Å². The predicted molar refractivity (Wildman–Crippen MR) is 104 cm³/mol. The van der Waals surface area contributed by atoms with Crippen molar-refractivity contribution >= 4 is 11.9 Å². The normalized spacial score (nSPS) is 12.9. The summed E-state index contributed by atoms with van der Waals surface area (Å²) in [6.07, 6.45) is 1.75. The summed E-state index contributed by atoms with van der Waals surface area (Å²) in [5, 5.41) is 0. The van der Waals surface area contributed by atoms with E-state index in [0.717, 1.165) is 12.8 Å². The minimum atomic E-state index is -0.521. The smallest absolute Gasteiger partial charge is 0.310 e. The summed E-state index contributed by atoms with van der Waals surface area (Å²) in [6.45, 7) is -0.194. The van der Waals surface area contributed by atoms with E-state index in [2.05, 4.69) is 0 Å². The van der Waals surface area contributed by atoms with E-state index in [4.69, 9.17) is 14.2 Å². The number of hydrogen-bond acceptors (Lipinski definition) is 5. The minimum Gasteiger partial charge on any atom is -0.493 e. The number of esters is 1. The van der Waals surface area contributed by atoms with Gasteiger partial charge in [0.2, 0.25) is 0 Å². The Bertz CT molecular complexity index is 881. The van der Waals surface area contributed by atoms with Gasteiger partial charge in [-0.2, -0.15) is 0 Å². The molecule has 1 aliphatic rings. The lowest BCUT2D eigenvalue weighted by Gasteiger charge is -2.22. The lowest BCUT2D eigenvalue weighted by atomic mass is 10.1. The molecular formula is C22H24FNO5. The van der Waals surface area contributed by atoms with Crippen LogP contribution in [-0.2, 0) is 27.3 Å². The SMILES string of the molecule is COc1ccc(CC(=O)OCC(=O)N(Cc2ccccc2F)C2CC2)cc1OC. The number of carbonyl (C=O) groups is 2. The van der Waals surface area contributed by atoms with Crippen LogP contribution in [0.25, 0.3) is 0 Å². The second-order valence-electron chi connectivity index (χ2n) is 6.87. The van der Waals surface area contributed by atoms with Gasteiger partial charge in [0.25, 0.3) is 5.91 Å². The molecule has 3 rings (SSSR count). The number of amides is 1. The summed E-state index contributed by atoms with van der Waals surface area (Å²) >= 11 is 0. The van der Waals surface area contributed by atoms with Gasteiger partial charge in [-0.15, -0.1) is 0 Å². The van der Waals surface area contributed by atoms with Crippen molar-refractivity contribution in [3.8, 4) is 11.5 Å². The highest BCUT2D eigenvalue weighted by atomic mass is 19.1. The molecule has 0 aromatic heterocycles. The number of benzene rings is 2. The van der Waals surface area contributed by atoms with Crippen LogP contribution < -0.4 is 9.47 Å². The van der Waals surface area contributed by atoms with Crippen molar-refractivity contribution in [2.24, 2.45) is 0 Å². The number of hydrogen-bond donors (Lipinski definition) is 0. The highest BCUT2D eigenvalue weighted by Crippen LogP contribution is 2.29. The molecule has 0 unspecified atom stereocenters. The van der Waals surface area contributed by atoms with Gasteiger partial charge in [0.1, 0.15) is 5.82 Å². The zero-order chi connectivity index (χ0) is 20.8. The molecule has 0 saturated heterocycles. The van der Waals surface area contributed by atoms with Gasteiger partial charge in [-0.25, -0.2) is 4.39 Å². The summed E-state index contributed by atoms with van der Waals surface area (Å²) in [4.78, 5) is 26.3. The molecular weight excluding hydrogens is 377 g/mol. The molecule has 1 amide bonds. The standard InChI is InChI=1S/C22H24FNO5/c1-27-19-10-7-15(11-20(19)28-2)12-22(26)29-14-21(25)24(17-8-9-17)13-16-5-3-4-6-18(16)23/h3-7,10-11,17H,8-9,12-14H2,1-2H3. The van der Waals surface area contributed by atoms with Crippen LogP contribution in [0.15, 0.2) is 42.5 Å². The Kier molecular flexibility index (Phi) is 6.69. The van der Waals surface area contributed by atoms with E-state index in [1.165, 1.54) is 20.3 Å². The van der Waals surface area contributed by atoms with Gasteiger partial charge in [0.05, 0.1) is 20.6 Å². The van der Waals surface area contributed by atoms with Crippen LogP contribution in [0.4, 0.5) is 4.39 Å². The van der Waals surface area contributed by atoms with Gasteiger partial charge >= 0.3 is 5.97 Å². The van der Waals surface area contributed by atoms with E-state index >= 15 is 0 Å². The van der Waals surface area contributed by atoms with Crippen molar-refractivity contribution in [3.05, 3.63) is 59.4 Å². The van der Waals surface area contributed by atoms with Crippen molar-refractivity contribution in [1.82, 2.24) is 4.90 Å². The first-order valence-electron chi connectivity index (χ1n) is 9.41. The Morgan fingerprint density at radius 2 is 1.79 bits per heavy atom. The third kappa shape index (κ3) is 5.47. The van der Waals surface area contributed by atoms with Gasteiger partial charge < -0.3 is 19.1 Å². The predicted octanol–water partition coefficient (Wildman–Crippen LogP) is 3.12. The summed E-state index contributed by atoms with van der Waals surface area (Å²) in [7, 11) is 3.05. The molecule has 7 heteroatoms. The zero-order valence-corrected chi connectivity index (χ0v) is 16.5. The Morgan fingerprint density at radius 3 is 2.45 bits per heavy atom. The maximum Gasteiger partial charge on any atom is 0.310 e. The number of halogens is 1. The summed E-state index contributed by atoms with van der Waals surface area (Å²) in [6, 6.07) is 11.6. The number of nitrogens with zero attached hydrogens (tertiary/aromatic N) is 1. The zero-order valence-electron chi connectivity index (χ0n) is 16.5. The minimum absolute atomic E-state index is 0.00434. The molecule has 0 spiro atoms. The lowest BCUT2D eigenvalue weighted by molar-refractivity contribution is -0.152. The molecule has 6 nitrogen and oxygen atoms in total. The Hall–Kier alpha value is -3.09. The molecule has 154 valence electrons. The average Bonchev–Trinajstić information content (AvgIpc) is 3.56. The average molecular weight is 401 g/mol. The van der Waals surface area contributed by atoms with Crippen LogP contribution in [0.3, 0.4) is 0 Å². The molecule has 0 atom stereocenters. The Labute approximate surface area is 169 Å². The fraction of sp³-hybridized carbons (Fsp3) is 0.364. The number of carbonyl (C=O) groups excluding carboxylic acids is 2. The third-order valence-electron chi connectivity index (χ3n) is 4.76. The fourth-order valence-electron chi connectivity index (χ4n) is 3.05. The topological polar surface area (TPSA) is 65.1 Å². The van der Waals surface area contributed by atoms with Crippen LogP contribution in [0, 0.1) is 5.82 Å². The first-order valence-corrected chi connectivity index (χ1v) is 9.41. The molecule has 1 saturated carbocycles. The van der Waals surface area contributed by atoms with E-state index in [-0.39, 0.29) is 37.3 Å². The largest absolute Gasteiger partial charge is 0.493 e. The number of methoxy groups -OCH3 is 2. The van der Waals surface area contributed by atoms with Crippen molar-refractivity contribution in [1.29, 1.82) is 0 Å². The number of rotatable bonds is 9. The van der Waals surface area contributed by atoms with Gasteiger partial charge in [-0.3, -0.25) is 9.59 Å². The maximum atomic E-state index is 13.9. The molecule has 1 fully saturated rings. The van der Waals surface area contributed by atoms with Crippen molar-refractivity contribution in [3.63, 3.8) is 0 Å².